The van der Waals surface area contributed by atoms with Gasteiger partial charge in [0.2, 0.25) is 0 Å². The molecule has 0 aromatic heterocycles. The molecule has 0 bridgehead atoms. The number of thiocyanates is 1. The Balaban J connectivity index is 2.32. The van der Waals surface area contributed by atoms with Crippen LogP contribution >= 0.6 is 11.8 Å². The summed E-state index contributed by atoms with van der Waals surface area (Å²) in [6.45, 7) is 2.66. The summed E-state index contributed by atoms with van der Waals surface area (Å²) >= 11 is 1.16. The van der Waals surface area contributed by atoms with Crippen LogP contribution in [-0.2, 0) is 4.79 Å². The first-order chi connectivity index (χ1) is 10.5. The third kappa shape index (κ3) is 2.86. The summed E-state index contributed by atoms with van der Waals surface area (Å²) in [6.07, 6.45) is 2.78. The van der Waals surface area contributed by atoms with E-state index < -0.39 is 6.04 Å². The Hall–Kier alpha value is -1.88. The summed E-state index contributed by atoms with van der Waals surface area (Å²) in [5, 5.41) is 10.7. The van der Waals surface area contributed by atoms with E-state index in [1.54, 1.807) is 7.05 Å². The Labute approximate surface area is 134 Å². The predicted molar refractivity (Wildman–Crippen MR) is 84.9 cm³/mol. The number of amides is 3. The van der Waals surface area contributed by atoms with Crippen molar-refractivity contribution in [1.29, 1.82) is 5.26 Å². The van der Waals surface area contributed by atoms with E-state index in [1.807, 2.05) is 9.98 Å². The van der Waals surface area contributed by atoms with Gasteiger partial charge in [0, 0.05) is 19.8 Å². The SMILES string of the molecule is CCCCC1=[N+](CCSC#N)C2C(=O)N(C)C(=O)N(C)C2=N1. The fourth-order valence-corrected chi connectivity index (χ4v) is 3.01. The predicted octanol–water partition coefficient (Wildman–Crippen LogP) is 1.11. The van der Waals surface area contributed by atoms with Crippen molar-refractivity contribution in [2.45, 2.75) is 32.2 Å². The highest BCUT2D eigenvalue weighted by Gasteiger charge is 2.52. The van der Waals surface area contributed by atoms with Crippen molar-refractivity contribution in [1.82, 2.24) is 9.80 Å². The molecule has 0 aromatic rings. The van der Waals surface area contributed by atoms with Gasteiger partial charge in [-0.15, -0.1) is 0 Å². The first-order valence-corrected chi connectivity index (χ1v) is 8.28. The highest BCUT2D eigenvalue weighted by Crippen LogP contribution is 2.20. The van der Waals surface area contributed by atoms with Gasteiger partial charge in [0.05, 0.1) is 13.0 Å². The summed E-state index contributed by atoms with van der Waals surface area (Å²) < 4.78 is 1.94. The van der Waals surface area contributed by atoms with Gasteiger partial charge < -0.3 is 0 Å². The number of likely N-dealkylation sites (N-methyl/N-ethyl adjacent to an activating group) is 2. The topological polar surface area (TPSA) is 79.8 Å². The number of aliphatic imine (C=N–C) groups is 1. The Kier molecular flexibility index (Phi) is 5.19. The maximum absolute atomic E-state index is 12.5. The third-order valence-electron chi connectivity index (χ3n) is 3.87. The average Bonchev–Trinajstić information content (AvgIpc) is 2.88. The van der Waals surface area contributed by atoms with Gasteiger partial charge in [0.25, 0.3) is 23.6 Å². The van der Waals surface area contributed by atoms with Crippen LogP contribution in [0.1, 0.15) is 26.2 Å². The number of imide groups is 1. The molecule has 1 saturated heterocycles. The highest BCUT2D eigenvalue weighted by atomic mass is 32.2. The molecule has 0 radical (unpaired) electrons. The zero-order valence-electron chi connectivity index (χ0n) is 13.1. The molecule has 2 rings (SSSR count). The Morgan fingerprint density at radius 3 is 2.73 bits per heavy atom. The molecule has 0 aliphatic carbocycles. The molecule has 0 spiro atoms. The van der Waals surface area contributed by atoms with Gasteiger partial charge in [0.15, 0.2) is 0 Å². The minimum atomic E-state index is -0.543. The minimum absolute atomic E-state index is 0.254. The summed E-state index contributed by atoms with van der Waals surface area (Å²) in [7, 11) is 3.13. The second-order valence-electron chi connectivity index (χ2n) is 5.26. The lowest BCUT2D eigenvalue weighted by Crippen LogP contribution is -2.61. The molecule has 1 fully saturated rings. The van der Waals surface area contributed by atoms with Gasteiger partial charge >= 0.3 is 6.03 Å². The molecule has 0 saturated carbocycles. The molecule has 0 N–H and O–H groups in total. The zero-order chi connectivity index (χ0) is 16.3. The number of rotatable bonds is 6. The number of unbranched alkanes of at least 4 members (excludes halogenated alkanes) is 1. The van der Waals surface area contributed by atoms with Crippen LogP contribution in [0.3, 0.4) is 0 Å². The number of nitriles is 1. The minimum Gasteiger partial charge on any atom is -0.269 e. The van der Waals surface area contributed by atoms with E-state index >= 15 is 0 Å². The summed E-state index contributed by atoms with van der Waals surface area (Å²) in [4.78, 5) is 31.7. The maximum atomic E-state index is 12.5. The van der Waals surface area contributed by atoms with Gasteiger partial charge in [0.1, 0.15) is 5.40 Å². The zero-order valence-corrected chi connectivity index (χ0v) is 13.9. The number of hydrogen-bond donors (Lipinski definition) is 0. The number of carbonyl (C=O) groups is 2. The average molecular weight is 322 g/mol. The second-order valence-corrected chi connectivity index (χ2v) is 6.14. The van der Waals surface area contributed by atoms with Crippen LogP contribution in [0.5, 0.6) is 0 Å². The van der Waals surface area contributed by atoms with Gasteiger partial charge in [-0.1, -0.05) is 13.3 Å². The van der Waals surface area contributed by atoms with Crippen LogP contribution in [0.2, 0.25) is 0 Å². The van der Waals surface area contributed by atoms with Crippen LogP contribution in [-0.4, -0.2) is 70.4 Å². The number of amidine groups is 2. The largest absolute Gasteiger partial charge is 0.333 e. The maximum Gasteiger partial charge on any atom is 0.333 e. The molecular formula is C14H20N5O2S+. The number of carbonyl (C=O) groups excluding carboxylic acids is 2. The molecule has 118 valence electrons. The molecule has 22 heavy (non-hydrogen) atoms. The first-order valence-electron chi connectivity index (χ1n) is 7.30. The molecular weight excluding hydrogens is 302 g/mol. The van der Waals surface area contributed by atoms with E-state index in [0.717, 1.165) is 41.8 Å². The smallest absolute Gasteiger partial charge is 0.269 e. The molecule has 3 amide bonds. The van der Waals surface area contributed by atoms with Crippen molar-refractivity contribution >= 4 is 35.4 Å². The Morgan fingerprint density at radius 1 is 1.36 bits per heavy atom. The molecule has 8 heteroatoms. The lowest BCUT2D eigenvalue weighted by atomic mass is 10.1. The van der Waals surface area contributed by atoms with Gasteiger partial charge in [-0.05, 0) is 23.2 Å². The normalized spacial score (nSPS) is 21.2. The van der Waals surface area contributed by atoms with Gasteiger partial charge in [-0.25, -0.2) is 9.37 Å². The van der Waals surface area contributed by atoms with Crippen LogP contribution in [0.15, 0.2) is 4.99 Å². The highest BCUT2D eigenvalue weighted by molar-refractivity contribution is 8.03. The van der Waals surface area contributed by atoms with Crippen LogP contribution in [0.4, 0.5) is 4.79 Å². The fraction of sp³-hybridized carbons (Fsp3) is 0.643. The van der Waals surface area contributed by atoms with Crippen molar-refractivity contribution in [3.63, 3.8) is 0 Å². The molecule has 2 heterocycles. The quantitative estimate of drug-likeness (QED) is 0.417. The third-order valence-corrected chi connectivity index (χ3v) is 4.38. The molecule has 1 unspecified atom stereocenters. The van der Waals surface area contributed by atoms with Gasteiger partial charge in [-0.2, -0.15) is 5.26 Å². The Morgan fingerprint density at radius 2 is 2.09 bits per heavy atom. The van der Waals surface area contributed by atoms with E-state index in [1.165, 1.54) is 11.9 Å². The van der Waals surface area contributed by atoms with Crippen LogP contribution in [0, 0.1) is 10.7 Å². The van der Waals surface area contributed by atoms with E-state index in [9.17, 15) is 9.59 Å². The van der Waals surface area contributed by atoms with Crippen molar-refractivity contribution in [2.75, 3.05) is 26.4 Å². The van der Waals surface area contributed by atoms with Crippen LogP contribution < -0.4 is 0 Å². The summed E-state index contributed by atoms with van der Waals surface area (Å²) in [6, 6.07) is -0.901. The summed E-state index contributed by atoms with van der Waals surface area (Å²) in [5.41, 5.74) is 0. The number of urea groups is 1. The number of nitrogens with zero attached hydrogens (tertiary/aromatic N) is 5. The fourth-order valence-electron chi connectivity index (χ4n) is 2.63. The standard InChI is InChI=1S/C14H20N5O2S/c1-4-5-6-10-16-12-11(19(10)7-8-22-9-15)13(20)18(3)14(21)17(12)2/h11H,4-8H2,1-3H3/q+1. The van der Waals surface area contributed by atoms with Gasteiger partial charge in [-0.3, -0.25) is 14.6 Å². The number of fused-ring (bicyclic) bond motifs is 1. The van der Waals surface area contributed by atoms with Crippen molar-refractivity contribution < 1.29 is 14.2 Å². The molecule has 0 aromatic carbocycles. The van der Waals surface area contributed by atoms with Crippen molar-refractivity contribution in [3.05, 3.63) is 0 Å². The van der Waals surface area contributed by atoms with E-state index in [0.29, 0.717) is 18.1 Å². The first kappa shape index (κ1) is 16.5. The monoisotopic (exact) mass is 322 g/mol. The lowest BCUT2D eigenvalue weighted by molar-refractivity contribution is -0.531. The van der Waals surface area contributed by atoms with E-state index in [-0.39, 0.29) is 11.9 Å². The molecule has 7 nitrogen and oxygen atoms in total. The molecule has 2 aliphatic rings. The van der Waals surface area contributed by atoms with Crippen LogP contribution in [0.25, 0.3) is 0 Å². The number of thioether (sulfide) groups is 1. The van der Waals surface area contributed by atoms with Crippen molar-refractivity contribution in [2.24, 2.45) is 4.99 Å². The summed E-state index contributed by atoms with van der Waals surface area (Å²) in [5.74, 6) is 1.68. The molecule has 2 aliphatic heterocycles. The lowest BCUT2D eigenvalue weighted by Gasteiger charge is -2.30. The number of hydrogen-bond acceptors (Lipinski definition) is 5. The van der Waals surface area contributed by atoms with E-state index in [4.69, 9.17) is 5.26 Å². The van der Waals surface area contributed by atoms with E-state index in [2.05, 4.69) is 11.9 Å². The second kappa shape index (κ2) is 6.92. The Bertz CT molecular complexity index is 593. The van der Waals surface area contributed by atoms with Crippen molar-refractivity contribution in [3.8, 4) is 5.40 Å². The molecule has 1 atom stereocenters.